The van der Waals surface area contributed by atoms with Gasteiger partial charge in [-0.1, -0.05) is 65.7 Å². The lowest BCUT2D eigenvalue weighted by Crippen LogP contribution is -2.48. The minimum absolute atomic E-state index is 0.197. The Morgan fingerprint density at radius 3 is 2.57 bits per heavy atom. The molecule has 0 spiro atoms. The molecule has 9 heteroatoms. The fourth-order valence-electron chi connectivity index (χ4n) is 4.96. The molecule has 5 rings (SSSR count). The minimum Gasteiger partial charge on any atom is -0.330 e. The van der Waals surface area contributed by atoms with Gasteiger partial charge in [-0.2, -0.15) is 4.31 Å². The van der Waals surface area contributed by atoms with Crippen molar-refractivity contribution < 1.29 is 13.2 Å². The van der Waals surface area contributed by atoms with Crippen LogP contribution in [0.3, 0.4) is 0 Å². The molecule has 0 fully saturated rings. The van der Waals surface area contributed by atoms with E-state index in [0.29, 0.717) is 28.4 Å². The molecule has 192 valence electrons. The third-order valence-corrected chi connectivity index (χ3v) is 10.4. The third kappa shape index (κ3) is 4.91. The smallest absolute Gasteiger partial charge is 0.244 e. The molecule has 37 heavy (non-hydrogen) atoms. The van der Waals surface area contributed by atoms with Gasteiger partial charge in [-0.05, 0) is 66.4 Å². The van der Waals surface area contributed by atoms with E-state index in [1.807, 2.05) is 41.8 Å². The first-order chi connectivity index (χ1) is 17.7. The normalized spacial score (nSPS) is 15.9. The lowest BCUT2D eigenvalue weighted by molar-refractivity contribution is -0.133. The van der Waals surface area contributed by atoms with Crippen molar-refractivity contribution in [2.24, 2.45) is 0 Å². The lowest BCUT2D eigenvalue weighted by Gasteiger charge is -2.38. The van der Waals surface area contributed by atoms with Crippen LogP contribution in [-0.4, -0.2) is 42.7 Å². The molecular formula is C28H26Cl2N2O3S2. The Morgan fingerprint density at radius 1 is 1.05 bits per heavy atom. The monoisotopic (exact) mass is 572 g/mol. The molecule has 0 radical (unpaired) electrons. The molecule has 1 atom stereocenters. The second kappa shape index (κ2) is 10.4. The Kier molecular flexibility index (Phi) is 7.35. The van der Waals surface area contributed by atoms with Gasteiger partial charge in [0.1, 0.15) is 0 Å². The van der Waals surface area contributed by atoms with E-state index in [0.717, 1.165) is 16.5 Å². The van der Waals surface area contributed by atoms with Crippen molar-refractivity contribution in [1.82, 2.24) is 9.21 Å². The number of amides is 1. The number of nitrogens with zero attached hydrogens (tertiary/aromatic N) is 2. The first-order valence-corrected chi connectivity index (χ1v) is 15.1. The van der Waals surface area contributed by atoms with Crippen molar-refractivity contribution in [2.45, 2.75) is 37.2 Å². The van der Waals surface area contributed by atoms with Crippen LogP contribution in [0.15, 0.2) is 77.0 Å². The maximum absolute atomic E-state index is 13.9. The summed E-state index contributed by atoms with van der Waals surface area (Å²) in [6, 6.07) is 19.0. The van der Waals surface area contributed by atoms with Crippen LogP contribution in [0.5, 0.6) is 0 Å². The third-order valence-electron chi connectivity index (χ3n) is 6.75. The zero-order chi connectivity index (χ0) is 26.3. The number of benzene rings is 3. The van der Waals surface area contributed by atoms with Crippen molar-refractivity contribution in [3.63, 3.8) is 0 Å². The summed E-state index contributed by atoms with van der Waals surface area (Å²) in [5.74, 6) is -0.273. The Hall–Kier alpha value is -2.42. The molecule has 4 aromatic rings. The fraction of sp³-hybridized carbons (Fsp3) is 0.250. The van der Waals surface area contributed by atoms with Gasteiger partial charge in [-0.25, -0.2) is 8.42 Å². The number of rotatable bonds is 6. The average Bonchev–Trinajstić information content (AvgIpc) is 3.35. The van der Waals surface area contributed by atoms with Gasteiger partial charge >= 0.3 is 0 Å². The summed E-state index contributed by atoms with van der Waals surface area (Å²) in [6.45, 7) is 3.77. The Bertz CT molecular complexity index is 1580. The van der Waals surface area contributed by atoms with E-state index in [4.69, 9.17) is 23.2 Å². The van der Waals surface area contributed by atoms with Crippen molar-refractivity contribution in [3.8, 4) is 0 Å². The molecule has 1 aliphatic heterocycles. The number of carbonyl (C=O) groups is 1. The number of hydrogen-bond donors (Lipinski definition) is 0. The first-order valence-electron chi connectivity index (χ1n) is 12.0. The maximum Gasteiger partial charge on any atom is 0.244 e. The minimum atomic E-state index is -3.96. The van der Waals surface area contributed by atoms with Crippen molar-refractivity contribution >= 4 is 61.2 Å². The Morgan fingerprint density at radius 2 is 1.81 bits per heavy atom. The summed E-state index contributed by atoms with van der Waals surface area (Å²) in [4.78, 5) is 17.0. The summed E-state index contributed by atoms with van der Waals surface area (Å²) in [7, 11) is -3.96. The van der Waals surface area contributed by atoms with E-state index in [9.17, 15) is 13.2 Å². The molecule has 1 amide bonds. The molecule has 0 bridgehead atoms. The van der Waals surface area contributed by atoms with E-state index in [2.05, 4.69) is 0 Å². The zero-order valence-corrected chi connectivity index (χ0v) is 23.5. The summed E-state index contributed by atoms with van der Waals surface area (Å²) in [5.41, 5.74) is 1.79. The zero-order valence-electron chi connectivity index (χ0n) is 20.4. The molecule has 2 heterocycles. The molecule has 1 aromatic heterocycles. The van der Waals surface area contributed by atoms with E-state index < -0.39 is 22.1 Å². The van der Waals surface area contributed by atoms with Gasteiger partial charge in [0, 0.05) is 32.9 Å². The second-order valence-corrected chi connectivity index (χ2v) is 13.0. The van der Waals surface area contributed by atoms with Crippen molar-refractivity contribution in [3.05, 3.63) is 98.2 Å². The van der Waals surface area contributed by atoms with Crippen LogP contribution in [0.1, 0.15) is 35.9 Å². The molecule has 0 saturated heterocycles. The molecule has 1 aliphatic rings. The van der Waals surface area contributed by atoms with Gasteiger partial charge in [-0.3, -0.25) is 4.79 Å². The van der Waals surface area contributed by atoms with Gasteiger partial charge in [-0.15, -0.1) is 11.3 Å². The highest BCUT2D eigenvalue weighted by Gasteiger charge is 2.37. The number of halogens is 2. The van der Waals surface area contributed by atoms with Crippen LogP contribution in [0.2, 0.25) is 10.0 Å². The predicted molar refractivity (Wildman–Crippen MR) is 151 cm³/mol. The number of fused-ring (bicyclic) bond motifs is 2. The highest BCUT2D eigenvalue weighted by atomic mass is 35.5. The summed E-state index contributed by atoms with van der Waals surface area (Å²) in [5, 5.41) is 4.46. The average molecular weight is 574 g/mol. The molecule has 0 saturated carbocycles. The topological polar surface area (TPSA) is 57.7 Å². The maximum atomic E-state index is 13.9. The standard InChI is InChI=1S/C28H26Cl2N2O3S2/c1-18(2)32(37(34,35)26-9-5-7-19-6-3-4-8-21(19)26)17-27(33)31-14-12-25-23(13-15-36-25)28(31)22-11-10-20(29)16-24(22)30/h3-11,13,15-16,18,28H,12,14,17H2,1-2H3. The second-order valence-electron chi connectivity index (χ2n) is 9.33. The van der Waals surface area contributed by atoms with E-state index in [1.54, 1.807) is 60.4 Å². The van der Waals surface area contributed by atoms with E-state index >= 15 is 0 Å². The van der Waals surface area contributed by atoms with Gasteiger partial charge in [0.15, 0.2) is 0 Å². The molecular weight excluding hydrogens is 547 g/mol. The number of carbonyl (C=O) groups excluding carboxylic acids is 1. The van der Waals surface area contributed by atoms with Crippen LogP contribution in [-0.2, 0) is 21.2 Å². The van der Waals surface area contributed by atoms with Crippen LogP contribution in [0.25, 0.3) is 10.8 Å². The molecule has 5 nitrogen and oxygen atoms in total. The van der Waals surface area contributed by atoms with E-state index in [1.165, 1.54) is 9.18 Å². The number of hydrogen-bond acceptors (Lipinski definition) is 4. The van der Waals surface area contributed by atoms with E-state index in [-0.39, 0.29) is 17.3 Å². The number of thiophene rings is 1. The van der Waals surface area contributed by atoms with Crippen LogP contribution < -0.4 is 0 Å². The quantitative estimate of drug-likeness (QED) is 0.256. The highest BCUT2D eigenvalue weighted by molar-refractivity contribution is 7.89. The van der Waals surface area contributed by atoms with Crippen LogP contribution in [0.4, 0.5) is 0 Å². The van der Waals surface area contributed by atoms with Gasteiger partial charge in [0.25, 0.3) is 0 Å². The van der Waals surface area contributed by atoms with Crippen LogP contribution in [0, 0.1) is 0 Å². The van der Waals surface area contributed by atoms with Gasteiger partial charge in [0.2, 0.25) is 15.9 Å². The van der Waals surface area contributed by atoms with Crippen LogP contribution >= 0.6 is 34.5 Å². The molecule has 0 aliphatic carbocycles. The SMILES string of the molecule is CC(C)N(CC(=O)N1CCc2sccc2C1c1ccc(Cl)cc1Cl)S(=O)(=O)c1cccc2ccccc12. The predicted octanol–water partition coefficient (Wildman–Crippen LogP) is 6.78. The van der Waals surface area contributed by atoms with Crippen molar-refractivity contribution in [1.29, 1.82) is 0 Å². The Labute approximate surface area is 231 Å². The number of sulfonamides is 1. The molecule has 3 aromatic carbocycles. The van der Waals surface area contributed by atoms with Crippen molar-refractivity contribution in [2.75, 3.05) is 13.1 Å². The molecule has 0 N–H and O–H groups in total. The Balaban J connectivity index is 1.52. The summed E-state index contributed by atoms with van der Waals surface area (Å²) >= 11 is 14.4. The highest BCUT2D eigenvalue weighted by Crippen LogP contribution is 2.41. The largest absolute Gasteiger partial charge is 0.330 e. The fourth-order valence-corrected chi connectivity index (χ4v) is 8.18. The van der Waals surface area contributed by atoms with Gasteiger partial charge in [0.05, 0.1) is 17.5 Å². The lowest BCUT2D eigenvalue weighted by atomic mass is 9.93. The summed E-state index contributed by atoms with van der Waals surface area (Å²) < 4.78 is 29.1. The summed E-state index contributed by atoms with van der Waals surface area (Å²) in [6.07, 6.45) is 0.707. The van der Waals surface area contributed by atoms with Gasteiger partial charge < -0.3 is 4.90 Å². The first kappa shape index (κ1) is 26.2. The molecule has 1 unspecified atom stereocenters.